The lowest BCUT2D eigenvalue weighted by molar-refractivity contribution is 0.195. The molecule has 2 aromatic rings. The molecular weight excluding hydrogens is 274 g/mol. The van der Waals surface area contributed by atoms with Crippen molar-refractivity contribution in [3.8, 4) is 0 Å². The summed E-state index contributed by atoms with van der Waals surface area (Å²) in [6.45, 7) is 4.47. The Morgan fingerprint density at radius 3 is 3.05 bits per heavy atom. The number of benzene rings is 1. The first-order valence-electron chi connectivity index (χ1n) is 8.41. The Morgan fingerprint density at radius 1 is 1.32 bits per heavy atom. The van der Waals surface area contributed by atoms with Crippen LogP contribution in [0.5, 0.6) is 0 Å². The lowest BCUT2D eigenvalue weighted by Crippen LogP contribution is -2.40. The van der Waals surface area contributed by atoms with Crippen molar-refractivity contribution in [2.45, 2.75) is 45.6 Å². The van der Waals surface area contributed by atoms with Gasteiger partial charge in [-0.15, -0.1) is 0 Å². The molecule has 0 fully saturated rings. The lowest BCUT2D eigenvalue weighted by Gasteiger charge is -2.21. The van der Waals surface area contributed by atoms with Crippen LogP contribution in [0.3, 0.4) is 0 Å². The number of nitrogens with one attached hydrogen (secondary N) is 2. The van der Waals surface area contributed by atoms with Crippen LogP contribution in [0.25, 0.3) is 10.9 Å². The van der Waals surface area contributed by atoms with Gasteiger partial charge in [-0.2, -0.15) is 0 Å². The number of amides is 2. The van der Waals surface area contributed by atoms with Crippen molar-refractivity contribution in [2.24, 2.45) is 0 Å². The van der Waals surface area contributed by atoms with Crippen molar-refractivity contribution in [2.75, 3.05) is 13.1 Å². The molecule has 22 heavy (non-hydrogen) atoms. The lowest BCUT2D eigenvalue weighted by atomic mass is 10.1. The highest BCUT2D eigenvalue weighted by atomic mass is 16.2. The van der Waals surface area contributed by atoms with Crippen molar-refractivity contribution in [1.29, 1.82) is 0 Å². The molecule has 0 unspecified atom stereocenters. The summed E-state index contributed by atoms with van der Waals surface area (Å²) in [7, 11) is 0. The number of hydrogen-bond acceptors (Lipinski definition) is 1. The number of unbranched alkanes of at least 4 members (excludes halogenated alkanes) is 2. The van der Waals surface area contributed by atoms with Crippen LogP contribution in [-0.4, -0.2) is 29.0 Å². The number of nitrogens with zero attached hydrogens (tertiary/aromatic N) is 1. The molecule has 0 saturated carbocycles. The Hall–Kier alpha value is -1.97. The van der Waals surface area contributed by atoms with E-state index in [1.807, 2.05) is 4.90 Å². The Labute approximate surface area is 131 Å². The minimum Gasteiger partial charge on any atom is -0.357 e. The molecule has 2 heterocycles. The number of fused-ring (bicyclic) bond motifs is 3. The predicted octanol–water partition coefficient (Wildman–Crippen LogP) is 3.82. The van der Waals surface area contributed by atoms with Crippen molar-refractivity contribution in [3.05, 3.63) is 35.5 Å². The molecule has 0 saturated heterocycles. The second kappa shape index (κ2) is 6.86. The van der Waals surface area contributed by atoms with Gasteiger partial charge >= 0.3 is 6.03 Å². The Bertz CT molecular complexity index is 647. The molecule has 2 N–H and O–H groups in total. The highest BCUT2D eigenvalue weighted by molar-refractivity contribution is 5.85. The van der Waals surface area contributed by atoms with E-state index in [9.17, 15) is 4.79 Å². The minimum absolute atomic E-state index is 0.0719. The summed E-state index contributed by atoms with van der Waals surface area (Å²) in [5, 5.41) is 4.36. The second-order valence-electron chi connectivity index (χ2n) is 6.09. The van der Waals surface area contributed by atoms with Crippen molar-refractivity contribution >= 4 is 16.9 Å². The summed E-state index contributed by atoms with van der Waals surface area (Å²) in [4.78, 5) is 17.8. The van der Waals surface area contributed by atoms with Crippen LogP contribution in [0.4, 0.5) is 4.79 Å². The van der Waals surface area contributed by atoms with Crippen LogP contribution in [0.2, 0.25) is 0 Å². The van der Waals surface area contributed by atoms with Gasteiger partial charge in [-0.05, 0) is 30.9 Å². The van der Waals surface area contributed by atoms with Gasteiger partial charge in [-0.1, -0.05) is 38.0 Å². The zero-order chi connectivity index (χ0) is 15.4. The van der Waals surface area contributed by atoms with Crippen LogP contribution < -0.4 is 5.32 Å². The third-order valence-electron chi connectivity index (χ3n) is 4.45. The van der Waals surface area contributed by atoms with Gasteiger partial charge in [0, 0.05) is 29.7 Å². The number of aromatic nitrogens is 1. The largest absolute Gasteiger partial charge is 0.357 e. The van der Waals surface area contributed by atoms with E-state index in [2.05, 4.69) is 41.5 Å². The van der Waals surface area contributed by atoms with Crippen LogP contribution in [0, 0.1) is 0 Å². The van der Waals surface area contributed by atoms with Gasteiger partial charge in [-0.25, -0.2) is 4.79 Å². The summed E-state index contributed by atoms with van der Waals surface area (Å²) < 4.78 is 0. The maximum atomic E-state index is 12.3. The average Bonchev–Trinajstić information content (AvgIpc) is 2.74. The molecule has 1 aliphatic heterocycles. The first-order valence-corrected chi connectivity index (χ1v) is 8.41. The molecular formula is C18H25N3O. The topological polar surface area (TPSA) is 48.1 Å². The highest BCUT2D eigenvalue weighted by Crippen LogP contribution is 2.27. The summed E-state index contributed by atoms with van der Waals surface area (Å²) in [6.07, 6.45) is 5.48. The van der Waals surface area contributed by atoms with Gasteiger partial charge < -0.3 is 15.2 Å². The number of para-hydroxylation sites is 1. The van der Waals surface area contributed by atoms with Crippen LogP contribution in [0.1, 0.15) is 43.9 Å². The zero-order valence-corrected chi connectivity index (χ0v) is 13.3. The molecule has 0 bridgehead atoms. The standard InChI is InChI=1S/C18H25N3O/c1-2-3-6-11-19-18(22)21-12-7-9-15-14-8-4-5-10-16(14)20-17(15)13-21/h4-5,8,10,20H,2-3,6-7,9,11-13H2,1H3,(H,19,22). The van der Waals surface area contributed by atoms with E-state index < -0.39 is 0 Å². The average molecular weight is 299 g/mol. The van der Waals surface area contributed by atoms with Crippen LogP contribution in [0.15, 0.2) is 24.3 Å². The van der Waals surface area contributed by atoms with Crippen molar-refractivity contribution in [3.63, 3.8) is 0 Å². The van der Waals surface area contributed by atoms with E-state index in [-0.39, 0.29) is 6.03 Å². The van der Waals surface area contributed by atoms with Crippen molar-refractivity contribution < 1.29 is 4.79 Å². The third-order valence-corrected chi connectivity index (χ3v) is 4.45. The fraction of sp³-hybridized carbons (Fsp3) is 0.500. The number of carbonyl (C=O) groups is 1. The Balaban J connectivity index is 1.70. The Morgan fingerprint density at radius 2 is 2.18 bits per heavy atom. The number of aryl methyl sites for hydroxylation is 1. The Kier molecular flexibility index (Phi) is 4.66. The first kappa shape index (κ1) is 14.9. The maximum Gasteiger partial charge on any atom is 0.317 e. The molecule has 1 aromatic carbocycles. The third kappa shape index (κ3) is 3.11. The number of carbonyl (C=O) groups excluding carboxylic acids is 1. The number of hydrogen-bond donors (Lipinski definition) is 2. The highest BCUT2D eigenvalue weighted by Gasteiger charge is 2.21. The number of H-pyrrole nitrogens is 1. The quantitative estimate of drug-likeness (QED) is 0.829. The molecule has 0 aliphatic carbocycles. The SMILES string of the molecule is CCCCCNC(=O)N1CCCc2c([nH]c3ccccc23)C1. The van der Waals surface area contributed by atoms with Gasteiger partial charge in [-0.3, -0.25) is 0 Å². The minimum atomic E-state index is 0.0719. The maximum absolute atomic E-state index is 12.3. The number of rotatable bonds is 4. The molecule has 0 radical (unpaired) electrons. The van der Waals surface area contributed by atoms with Crippen LogP contribution in [-0.2, 0) is 13.0 Å². The van der Waals surface area contributed by atoms with E-state index >= 15 is 0 Å². The number of aromatic amines is 1. The summed E-state index contributed by atoms with van der Waals surface area (Å²) in [5.41, 5.74) is 3.76. The van der Waals surface area contributed by atoms with E-state index in [1.54, 1.807) is 0 Å². The van der Waals surface area contributed by atoms with E-state index in [4.69, 9.17) is 0 Å². The molecule has 4 heteroatoms. The molecule has 0 spiro atoms. The predicted molar refractivity (Wildman–Crippen MR) is 90.0 cm³/mol. The van der Waals surface area contributed by atoms with E-state index in [0.29, 0.717) is 6.54 Å². The second-order valence-corrected chi connectivity index (χ2v) is 6.09. The molecule has 118 valence electrons. The van der Waals surface area contributed by atoms with Crippen molar-refractivity contribution in [1.82, 2.24) is 15.2 Å². The zero-order valence-electron chi connectivity index (χ0n) is 13.3. The van der Waals surface area contributed by atoms with Gasteiger partial charge in [0.05, 0.1) is 6.54 Å². The first-order chi connectivity index (χ1) is 10.8. The summed E-state index contributed by atoms with van der Waals surface area (Å²) in [6, 6.07) is 8.49. The van der Waals surface area contributed by atoms with E-state index in [1.165, 1.54) is 35.0 Å². The summed E-state index contributed by atoms with van der Waals surface area (Å²) in [5.74, 6) is 0. The molecule has 2 amide bonds. The molecule has 3 rings (SSSR count). The van der Waals surface area contributed by atoms with Gasteiger partial charge in [0.1, 0.15) is 0 Å². The smallest absolute Gasteiger partial charge is 0.317 e. The molecule has 4 nitrogen and oxygen atoms in total. The molecule has 1 aromatic heterocycles. The molecule has 1 aliphatic rings. The van der Waals surface area contributed by atoms with Gasteiger partial charge in [0.15, 0.2) is 0 Å². The van der Waals surface area contributed by atoms with Crippen LogP contribution >= 0.6 is 0 Å². The number of urea groups is 1. The molecule has 0 atom stereocenters. The normalized spacial score (nSPS) is 14.7. The van der Waals surface area contributed by atoms with Gasteiger partial charge in [0.25, 0.3) is 0 Å². The van der Waals surface area contributed by atoms with E-state index in [0.717, 1.165) is 32.4 Å². The fourth-order valence-corrected chi connectivity index (χ4v) is 3.25. The fourth-order valence-electron chi connectivity index (χ4n) is 3.25. The van der Waals surface area contributed by atoms with Gasteiger partial charge in [0.2, 0.25) is 0 Å². The monoisotopic (exact) mass is 299 g/mol. The summed E-state index contributed by atoms with van der Waals surface area (Å²) >= 11 is 0.